The predicted octanol–water partition coefficient (Wildman–Crippen LogP) is 3.40. The molecule has 6 heteroatoms. The van der Waals surface area contributed by atoms with Crippen molar-refractivity contribution in [3.63, 3.8) is 0 Å². The Bertz CT molecular complexity index is 824. The van der Waals surface area contributed by atoms with Crippen LogP contribution in [0.15, 0.2) is 65.3 Å². The normalized spacial score (nSPS) is 15.9. The molecule has 1 aliphatic rings. The fraction of sp³-hybridized carbons (Fsp3) is 0.0588. The summed E-state index contributed by atoms with van der Waals surface area (Å²) < 4.78 is 0. The van der Waals surface area contributed by atoms with Crippen molar-refractivity contribution in [2.45, 2.75) is 6.92 Å². The Morgan fingerprint density at radius 3 is 2.35 bits per heavy atom. The maximum absolute atomic E-state index is 12.5. The van der Waals surface area contributed by atoms with Crippen molar-refractivity contribution in [1.82, 2.24) is 0 Å². The minimum Gasteiger partial charge on any atom is -0.267 e. The smallest absolute Gasteiger partial charge is 0.267 e. The van der Waals surface area contributed by atoms with Crippen LogP contribution in [0.2, 0.25) is 0 Å². The third-order valence-electron chi connectivity index (χ3n) is 3.48. The topological polar surface area (TPSA) is 75.8 Å². The predicted molar refractivity (Wildman–Crippen MR) is 88.1 cm³/mol. The summed E-state index contributed by atoms with van der Waals surface area (Å²) in [6.45, 7) is 1.76. The lowest BCUT2D eigenvalue weighted by atomic mass is 10.1. The fourth-order valence-electron chi connectivity index (χ4n) is 2.29. The summed E-state index contributed by atoms with van der Waals surface area (Å²) in [5.74, 6) is -0.250. The quantitative estimate of drug-likeness (QED) is 0.495. The van der Waals surface area contributed by atoms with Crippen molar-refractivity contribution in [1.29, 1.82) is 0 Å². The third-order valence-corrected chi connectivity index (χ3v) is 3.48. The van der Waals surface area contributed by atoms with Crippen molar-refractivity contribution in [2.24, 2.45) is 5.10 Å². The van der Waals surface area contributed by atoms with E-state index in [1.165, 1.54) is 29.3 Å². The molecule has 0 N–H and O–H groups in total. The van der Waals surface area contributed by atoms with Gasteiger partial charge in [-0.25, -0.2) is 0 Å². The lowest BCUT2D eigenvalue weighted by Crippen LogP contribution is -2.21. The molecule has 1 aliphatic heterocycles. The van der Waals surface area contributed by atoms with Crippen LogP contribution < -0.4 is 5.01 Å². The molecular weight excluding hydrogens is 294 g/mol. The Labute approximate surface area is 132 Å². The van der Waals surface area contributed by atoms with Crippen molar-refractivity contribution >= 4 is 29.1 Å². The molecule has 3 rings (SSSR count). The van der Waals surface area contributed by atoms with Gasteiger partial charge in [-0.2, -0.15) is 10.1 Å². The number of hydrazone groups is 1. The first kappa shape index (κ1) is 14.6. The summed E-state index contributed by atoms with van der Waals surface area (Å²) in [5.41, 5.74) is 2.50. The summed E-state index contributed by atoms with van der Waals surface area (Å²) in [4.78, 5) is 22.8. The van der Waals surface area contributed by atoms with Crippen LogP contribution in [0.4, 0.5) is 11.4 Å². The number of hydrogen-bond acceptors (Lipinski definition) is 4. The van der Waals surface area contributed by atoms with Crippen molar-refractivity contribution in [3.8, 4) is 0 Å². The van der Waals surface area contributed by atoms with Crippen molar-refractivity contribution < 1.29 is 9.72 Å². The zero-order chi connectivity index (χ0) is 16.4. The number of anilines is 1. The number of benzene rings is 2. The molecule has 0 saturated carbocycles. The SMILES string of the molecule is CC1=NN(c2ccc([N+](=O)[O-])cc2)C(=O)C1=Cc1ccccc1. The highest BCUT2D eigenvalue weighted by molar-refractivity contribution is 6.32. The first-order chi connectivity index (χ1) is 11.1. The molecule has 23 heavy (non-hydrogen) atoms. The van der Waals surface area contributed by atoms with E-state index in [-0.39, 0.29) is 11.6 Å². The molecule has 114 valence electrons. The first-order valence-electron chi connectivity index (χ1n) is 6.97. The number of carbonyl (C=O) groups is 1. The molecule has 0 atom stereocenters. The number of carbonyl (C=O) groups excluding carboxylic acids is 1. The average molecular weight is 307 g/mol. The summed E-state index contributed by atoms with van der Waals surface area (Å²) in [6, 6.07) is 15.2. The number of nitrogens with zero attached hydrogens (tertiary/aromatic N) is 3. The molecule has 0 aliphatic carbocycles. The van der Waals surface area contributed by atoms with Crippen LogP contribution in [0.5, 0.6) is 0 Å². The van der Waals surface area contributed by atoms with Crippen LogP contribution in [0.25, 0.3) is 6.08 Å². The van der Waals surface area contributed by atoms with E-state index in [1.54, 1.807) is 13.0 Å². The van der Waals surface area contributed by atoms with Gasteiger partial charge in [0.2, 0.25) is 0 Å². The Balaban J connectivity index is 1.91. The second-order valence-corrected chi connectivity index (χ2v) is 5.04. The highest BCUT2D eigenvalue weighted by Crippen LogP contribution is 2.26. The molecule has 2 aromatic carbocycles. The second kappa shape index (κ2) is 5.84. The molecule has 0 radical (unpaired) electrons. The summed E-state index contributed by atoms with van der Waals surface area (Å²) >= 11 is 0. The highest BCUT2D eigenvalue weighted by Gasteiger charge is 2.28. The van der Waals surface area contributed by atoms with E-state index >= 15 is 0 Å². The molecule has 0 aromatic heterocycles. The standard InChI is InChI=1S/C17H13N3O3/c1-12-16(11-13-5-3-2-4-6-13)17(21)19(18-12)14-7-9-15(10-8-14)20(22)23/h2-11H,1H3. The van der Waals surface area contributed by atoms with E-state index in [9.17, 15) is 14.9 Å². The fourth-order valence-corrected chi connectivity index (χ4v) is 2.29. The maximum Gasteiger partial charge on any atom is 0.280 e. The van der Waals surface area contributed by atoms with Gasteiger partial charge in [0.15, 0.2) is 0 Å². The van der Waals surface area contributed by atoms with E-state index in [0.29, 0.717) is 17.0 Å². The summed E-state index contributed by atoms with van der Waals surface area (Å²) in [6.07, 6.45) is 1.78. The van der Waals surface area contributed by atoms with Crippen LogP contribution in [0.1, 0.15) is 12.5 Å². The van der Waals surface area contributed by atoms with Gasteiger partial charge in [0, 0.05) is 12.1 Å². The van der Waals surface area contributed by atoms with Gasteiger partial charge < -0.3 is 0 Å². The Morgan fingerprint density at radius 1 is 1.09 bits per heavy atom. The van der Waals surface area contributed by atoms with Crippen LogP contribution in [0, 0.1) is 10.1 Å². The molecule has 1 heterocycles. The molecule has 1 amide bonds. The molecular formula is C17H13N3O3. The first-order valence-corrected chi connectivity index (χ1v) is 6.97. The van der Waals surface area contributed by atoms with Gasteiger partial charge in [-0.05, 0) is 30.7 Å². The number of nitro benzene ring substituents is 1. The lowest BCUT2D eigenvalue weighted by molar-refractivity contribution is -0.384. The number of non-ortho nitro benzene ring substituents is 1. The van der Waals surface area contributed by atoms with Crippen molar-refractivity contribution in [2.75, 3.05) is 5.01 Å². The van der Waals surface area contributed by atoms with Gasteiger partial charge in [0.1, 0.15) is 0 Å². The van der Waals surface area contributed by atoms with Gasteiger partial charge in [-0.3, -0.25) is 14.9 Å². The van der Waals surface area contributed by atoms with Crippen molar-refractivity contribution in [3.05, 3.63) is 75.8 Å². The molecule has 6 nitrogen and oxygen atoms in total. The zero-order valence-corrected chi connectivity index (χ0v) is 12.3. The van der Waals surface area contributed by atoms with Gasteiger partial charge >= 0.3 is 0 Å². The van der Waals surface area contributed by atoms with E-state index in [1.807, 2.05) is 30.3 Å². The number of amides is 1. The molecule has 0 saturated heterocycles. The Kier molecular flexibility index (Phi) is 3.72. The molecule has 0 spiro atoms. The van der Waals surface area contributed by atoms with E-state index < -0.39 is 4.92 Å². The molecule has 0 bridgehead atoms. The van der Waals surface area contributed by atoms with E-state index in [4.69, 9.17) is 0 Å². The summed E-state index contributed by atoms with van der Waals surface area (Å²) in [7, 11) is 0. The average Bonchev–Trinajstić information content (AvgIpc) is 2.84. The second-order valence-electron chi connectivity index (χ2n) is 5.04. The molecule has 0 fully saturated rings. The van der Waals surface area contributed by atoms with Crippen LogP contribution in [0.3, 0.4) is 0 Å². The van der Waals surface area contributed by atoms with Crippen LogP contribution in [-0.2, 0) is 4.79 Å². The highest BCUT2D eigenvalue weighted by atomic mass is 16.6. The number of nitro groups is 1. The van der Waals surface area contributed by atoms with Gasteiger partial charge in [0.05, 0.1) is 21.9 Å². The zero-order valence-electron chi connectivity index (χ0n) is 12.3. The third kappa shape index (κ3) is 2.87. The largest absolute Gasteiger partial charge is 0.280 e. The molecule has 0 unspecified atom stereocenters. The van der Waals surface area contributed by atoms with Crippen LogP contribution >= 0.6 is 0 Å². The number of hydrogen-bond donors (Lipinski definition) is 0. The maximum atomic E-state index is 12.5. The van der Waals surface area contributed by atoms with E-state index in [0.717, 1.165) is 5.56 Å². The summed E-state index contributed by atoms with van der Waals surface area (Å²) in [5, 5.41) is 16.2. The van der Waals surface area contributed by atoms with E-state index in [2.05, 4.69) is 5.10 Å². The minimum atomic E-state index is -0.481. The Morgan fingerprint density at radius 2 is 1.74 bits per heavy atom. The molecule has 2 aromatic rings. The number of rotatable bonds is 3. The van der Waals surface area contributed by atoms with Gasteiger partial charge in [0.25, 0.3) is 11.6 Å². The monoisotopic (exact) mass is 307 g/mol. The van der Waals surface area contributed by atoms with Crippen LogP contribution in [-0.4, -0.2) is 16.5 Å². The lowest BCUT2D eigenvalue weighted by Gasteiger charge is -2.11. The Hall–Kier alpha value is -3.28. The minimum absolute atomic E-state index is 0.0267. The van der Waals surface area contributed by atoms with Gasteiger partial charge in [-0.15, -0.1) is 0 Å². The van der Waals surface area contributed by atoms with Gasteiger partial charge in [-0.1, -0.05) is 30.3 Å².